The molecule has 124 valence electrons. The first-order valence-electron chi connectivity index (χ1n) is 6.84. The van der Waals surface area contributed by atoms with Gasteiger partial charge in [0.15, 0.2) is 5.96 Å². The summed E-state index contributed by atoms with van der Waals surface area (Å²) in [5.41, 5.74) is 1.14. The number of hydrogen-bond donors (Lipinski definition) is 2. The van der Waals surface area contributed by atoms with Gasteiger partial charge in [0.1, 0.15) is 5.75 Å². The largest absolute Gasteiger partial charge is 0.496 e. The minimum Gasteiger partial charge on any atom is -0.496 e. The number of nitrogens with zero attached hydrogens (tertiary/aromatic N) is 1. The zero-order valence-electron chi connectivity index (χ0n) is 13.2. The fourth-order valence-electron chi connectivity index (χ4n) is 1.83. The summed E-state index contributed by atoms with van der Waals surface area (Å²) >= 11 is 0. The first-order valence-corrected chi connectivity index (χ1v) is 6.84. The summed E-state index contributed by atoms with van der Waals surface area (Å²) in [5, 5.41) is 6.25. The van der Waals surface area contributed by atoms with E-state index in [9.17, 15) is 4.79 Å². The first kappa shape index (κ1) is 20.5. The van der Waals surface area contributed by atoms with Crippen molar-refractivity contribution in [3.8, 4) is 5.75 Å². The lowest BCUT2D eigenvalue weighted by atomic mass is 10.1. The summed E-state index contributed by atoms with van der Waals surface area (Å²) in [6.45, 7) is 1.21. The molecule has 0 spiro atoms. The molecule has 0 aliphatic carbocycles. The van der Waals surface area contributed by atoms with E-state index in [2.05, 4.69) is 20.4 Å². The van der Waals surface area contributed by atoms with Gasteiger partial charge in [-0.05, 0) is 18.1 Å². The van der Waals surface area contributed by atoms with E-state index in [0.29, 0.717) is 18.9 Å². The van der Waals surface area contributed by atoms with Crippen molar-refractivity contribution in [2.45, 2.75) is 12.8 Å². The van der Waals surface area contributed by atoms with Gasteiger partial charge < -0.3 is 20.1 Å². The normalized spacial score (nSPS) is 10.4. The fourth-order valence-corrected chi connectivity index (χ4v) is 1.83. The van der Waals surface area contributed by atoms with Gasteiger partial charge in [-0.3, -0.25) is 9.79 Å². The highest BCUT2D eigenvalue weighted by atomic mass is 127. The molecular weight excluding hydrogens is 397 g/mol. The van der Waals surface area contributed by atoms with E-state index in [0.717, 1.165) is 24.3 Å². The summed E-state index contributed by atoms with van der Waals surface area (Å²) in [7, 11) is 4.73. The number of methoxy groups -OCH3 is 2. The Kier molecular flexibility index (Phi) is 11.2. The van der Waals surface area contributed by atoms with Gasteiger partial charge >= 0.3 is 5.97 Å². The van der Waals surface area contributed by atoms with Crippen LogP contribution in [-0.4, -0.2) is 46.3 Å². The summed E-state index contributed by atoms with van der Waals surface area (Å²) in [5.74, 6) is 1.30. The fraction of sp³-hybridized carbons (Fsp3) is 0.467. The monoisotopic (exact) mass is 421 g/mol. The Bertz CT molecular complexity index is 481. The van der Waals surface area contributed by atoms with Gasteiger partial charge in [-0.15, -0.1) is 24.0 Å². The van der Waals surface area contributed by atoms with Crippen LogP contribution in [0.5, 0.6) is 5.75 Å². The third-order valence-corrected chi connectivity index (χ3v) is 2.95. The number of para-hydroxylation sites is 1. The van der Waals surface area contributed by atoms with Crippen molar-refractivity contribution in [3.63, 3.8) is 0 Å². The van der Waals surface area contributed by atoms with Crippen molar-refractivity contribution < 1.29 is 14.3 Å². The van der Waals surface area contributed by atoms with E-state index in [1.54, 1.807) is 14.2 Å². The van der Waals surface area contributed by atoms with Crippen LogP contribution in [0.25, 0.3) is 0 Å². The van der Waals surface area contributed by atoms with E-state index in [1.165, 1.54) is 7.11 Å². The standard InChI is InChI=1S/C15H23N3O3.HI/c1-16-15(18-11-9-14(19)21-3)17-10-8-12-6-4-5-7-13(12)20-2;/h4-7H,8-11H2,1-3H3,(H2,16,17,18);1H. The van der Waals surface area contributed by atoms with Crippen LogP contribution in [0.3, 0.4) is 0 Å². The number of nitrogens with one attached hydrogen (secondary N) is 2. The second kappa shape index (κ2) is 12.1. The molecule has 0 aliphatic rings. The Balaban J connectivity index is 0.00000441. The number of carbonyl (C=O) groups is 1. The van der Waals surface area contributed by atoms with Crippen molar-refractivity contribution in [2.24, 2.45) is 4.99 Å². The highest BCUT2D eigenvalue weighted by Gasteiger charge is 2.04. The molecule has 7 heteroatoms. The lowest BCUT2D eigenvalue weighted by Gasteiger charge is -2.12. The predicted molar refractivity (Wildman–Crippen MR) is 98.1 cm³/mol. The molecule has 0 aromatic heterocycles. The molecule has 0 saturated carbocycles. The SMILES string of the molecule is CN=C(NCCC(=O)OC)NCCc1ccccc1OC.I. The zero-order chi connectivity index (χ0) is 15.5. The smallest absolute Gasteiger partial charge is 0.307 e. The van der Waals surface area contributed by atoms with Crippen LogP contribution < -0.4 is 15.4 Å². The average Bonchev–Trinajstić information content (AvgIpc) is 2.53. The Morgan fingerprint density at radius 2 is 1.86 bits per heavy atom. The number of aliphatic imine (C=N–C) groups is 1. The van der Waals surface area contributed by atoms with Crippen LogP contribution in [0.1, 0.15) is 12.0 Å². The van der Waals surface area contributed by atoms with Gasteiger partial charge in [0.2, 0.25) is 0 Å². The van der Waals surface area contributed by atoms with Crippen LogP contribution in [0, 0.1) is 0 Å². The summed E-state index contributed by atoms with van der Waals surface area (Å²) in [6.07, 6.45) is 1.13. The minimum absolute atomic E-state index is 0. The van der Waals surface area contributed by atoms with Crippen molar-refractivity contribution in [1.29, 1.82) is 0 Å². The summed E-state index contributed by atoms with van der Waals surface area (Å²) < 4.78 is 9.88. The molecule has 0 amide bonds. The zero-order valence-corrected chi connectivity index (χ0v) is 15.5. The van der Waals surface area contributed by atoms with Crippen molar-refractivity contribution in [3.05, 3.63) is 29.8 Å². The lowest BCUT2D eigenvalue weighted by molar-refractivity contribution is -0.140. The highest BCUT2D eigenvalue weighted by Crippen LogP contribution is 2.17. The highest BCUT2D eigenvalue weighted by molar-refractivity contribution is 14.0. The Labute approximate surface area is 148 Å². The van der Waals surface area contributed by atoms with Gasteiger partial charge in [-0.25, -0.2) is 0 Å². The maximum Gasteiger partial charge on any atom is 0.307 e. The number of halogens is 1. The van der Waals surface area contributed by atoms with E-state index < -0.39 is 0 Å². The van der Waals surface area contributed by atoms with Crippen LogP contribution in [0.4, 0.5) is 0 Å². The predicted octanol–water partition coefficient (Wildman–Crippen LogP) is 1.58. The van der Waals surface area contributed by atoms with E-state index >= 15 is 0 Å². The van der Waals surface area contributed by atoms with Crippen molar-refractivity contribution >= 4 is 35.9 Å². The minimum atomic E-state index is -0.244. The summed E-state index contributed by atoms with van der Waals surface area (Å²) in [4.78, 5) is 15.1. The molecule has 0 saturated heterocycles. The van der Waals surface area contributed by atoms with Crippen LogP contribution >= 0.6 is 24.0 Å². The maximum absolute atomic E-state index is 11.0. The van der Waals surface area contributed by atoms with Crippen molar-refractivity contribution in [1.82, 2.24) is 10.6 Å². The second-order valence-corrected chi connectivity index (χ2v) is 4.31. The third-order valence-electron chi connectivity index (χ3n) is 2.95. The number of carbonyl (C=O) groups excluding carboxylic acids is 1. The molecule has 1 rings (SSSR count). The number of hydrogen-bond acceptors (Lipinski definition) is 4. The van der Waals surface area contributed by atoms with Gasteiger partial charge in [0, 0.05) is 20.1 Å². The molecule has 22 heavy (non-hydrogen) atoms. The molecule has 0 bridgehead atoms. The van der Waals surface area contributed by atoms with Gasteiger partial charge in [-0.1, -0.05) is 18.2 Å². The van der Waals surface area contributed by atoms with E-state index in [1.807, 2.05) is 24.3 Å². The van der Waals surface area contributed by atoms with E-state index in [-0.39, 0.29) is 29.9 Å². The number of benzene rings is 1. The molecule has 0 fully saturated rings. The molecule has 0 unspecified atom stereocenters. The second-order valence-electron chi connectivity index (χ2n) is 4.31. The summed E-state index contributed by atoms with van der Waals surface area (Å²) in [6, 6.07) is 7.91. The number of rotatable bonds is 7. The Morgan fingerprint density at radius 1 is 1.18 bits per heavy atom. The number of ether oxygens (including phenoxy) is 2. The van der Waals surface area contributed by atoms with Crippen LogP contribution in [0.15, 0.2) is 29.3 Å². The number of esters is 1. The molecule has 6 nitrogen and oxygen atoms in total. The molecule has 0 radical (unpaired) electrons. The Hall–Kier alpha value is -1.51. The Morgan fingerprint density at radius 3 is 2.50 bits per heavy atom. The molecular formula is C15H24IN3O3. The maximum atomic E-state index is 11.0. The quantitative estimate of drug-likeness (QED) is 0.303. The van der Waals surface area contributed by atoms with Gasteiger partial charge in [0.05, 0.1) is 20.6 Å². The molecule has 2 N–H and O–H groups in total. The average molecular weight is 421 g/mol. The molecule has 0 atom stereocenters. The topological polar surface area (TPSA) is 72.0 Å². The molecule has 0 aliphatic heterocycles. The molecule has 1 aromatic carbocycles. The van der Waals surface area contributed by atoms with Gasteiger partial charge in [-0.2, -0.15) is 0 Å². The molecule has 1 aromatic rings. The van der Waals surface area contributed by atoms with Crippen LogP contribution in [-0.2, 0) is 16.0 Å². The van der Waals surface area contributed by atoms with Crippen molar-refractivity contribution in [2.75, 3.05) is 34.4 Å². The molecule has 0 heterocycles. The first-order chi connectivity index (χ1) is 10.2. The third kappa shape index (κ3) is 7.48. The van der Waals surface area contributed by atoms with Crippen LogP contribution in [0.2, 0.25) is 0 Å². The van der Waals surface area contributed by atoms with Gasteiger partial charge in [0.25, 0.3) is 0 Å². The van der Waals surface area contributed by atoms with E-state index in [4.69, 9.17) is 4.74 Å². The lowest BCUT2D eigenvalue weighted by Crippen LogP contribution is -2.39. The number of guanidine groups is 1.